The molecule has 0 aliphatic rings. The van der Waals surface area contributed by atoms with Crippen LogP contribution in [0.2, 0.25) is 0 Å². The molecule has 0 radical (unpaired) electrons. The average molecular weight is 324 g/mol. The zero-order chi connectivity index (χ0) is 17.3. The van der Waals surface area contributed by atoms with Crippen LogP contribution in [0.25, 0.3) is 0 Å². The minimum atomic E-state index is -4.43. The molecule has 1 heterocycles. The lowest BCUT2D eigenvalue weighted by Gasteiger charge is -2.29. The number of ether oxygens (including phenoxy) is 1. The summed E-state index contributed by atoms with van der Waals surface area (Å²) in [6, 6.07) is 6.04. The number of benzene rings is 1. The van der Waals surface area contributed by atoms with Crippen molar-refractivity contribution in [1.29, 1.82) is 0 Å². The number of hydrogen-bond donors (Lipinski definition) is 0. The van der Waals surface area contributed by atoms with Gasteiger partial charge < -0.3 is 9.15 Å². The molecule has 0 N–H and O–H groups in total. The lowest BCUT2D eigenvalue weighted by atomic mass is 9.89. The van der Waals surface area contributed by atoms with Crippen molar-refractivity contribution in [2.45, 2.75) is 25.6 Å². The zero-order valence-corrected chi connectivity index (χ0v) is 12.6. The summed E-state index contributed by atoms with van der Waals surface area (Å²) in [6.45, 7) is 6.59. The molecule has 0 aliphatic heterocycles. The molecular formula is C17H15F3O3. The number of carbonyl (C=O) groups excluding carboxylic acids is 1. The van der Waals surface area contributed by atoms with Crippen molar-refractivity contribution >= 4 is 5.97 Å². The third kappa shape index (κ3) is 3.47. The molecule has 122 valence electrons. The molecule has 0 aliphatic carbocycles. The maximum Gasteiger partial charge on any atom is 0.416 e. The molecule has 3 nitrogen and oxygen atoms in total. The van der Waals surface area contributed by atoms with Crippen molar-refractivity contribution in [3.63, 3.8) is 0 Å². The van der Waals surface area contributed by atoms with Crippen LogP contribution in [0, 0.1) is 0 Å². The fourth-order valence-electron chi connectivity index (χ4n) is 2.07. The summed E-state index contributed by atoms with van der Waals surface area (Å²) >= 11 is 0. The fourth-order valence-corrected chi connectivity index (χ4v) is 2.07. The van der Waals surface area contributed by atoms with Gasteiger partial charge in [0.2, 0.25) is 0 Å². The van der Waals surface area contributed by atoms with Gasteiger partial charge in [0.15, 0.2) is 5.60 Å². The average Bonchev–Trinajstić information content (AvgIpc) is 3.01. The third-order valence-electron chi connectivity index (χ3n) is 3.48. The van der Waals surface area contributed by atoms with E-state index in [1.807, 2.05) is 0 Å². The van der Waals surface area contributed by atoms with Crippen molar-refractivity contribution in [2.75, 3.05) is 0 Å². The Balaban J connectivity index is 2.46. The maximum absolute atomic E-state index is 12.7. The first-order valence-corrected chi connectivity index (χ1v) is 6.74. The van der Waals surface area contributed by atoms with Gasteiger partial charge in [-0.25, -0.2) is 4.79 Å². The van der Waals surface area contributed by atoms with E-state index in [-0.39, 0.29) is 5.57 Å². The first-order chi connectivity index (χ1) is 10.6. The van der Waals surface area contributed by atoms with E-state index >= 15 is 0 Å². The SMILES string of the molecule is C=C(C)C(=O)OC(C)(c1ccc(C(F)(F)F)cc1)c1ccoc1. The molecule has 0 spiro atoms. The van der Waals surface area contributed by atoms with Gasteiger partial charge in [0, 0.05) is 11.1 Å². The van der Waals surface area contributed by atoms with Gasteiger partial charge in [0.25, 0.3) is 0 Å². The van der Waals surface area contributed by atoms with Gasteiger partial charge in [-0.2, -0.15) is 13.2 Å². The van der Waals surface area contributed by atoms with Crippen molar-refractivity contribution in [3.05, 3.63) is 71.7 Å². The Kier molecular flexibility index (Phi) is 4.36. The van der Waals surface area contributed by atoms with E-state index in [1.54, 1.807) is 13.0 Å². The summed E-state index contributed by atoms with van der Waals surface area (Å²) in [6.07, 6.45) is -1.66. The van der Waals surface area contributed by atoms with E-state index in [0.29, 0.717) is 11.1 Å². The van der Waals surface area contributed by atoms with E-state index < -0.39 is 23.3 Å². The molecule has 2 aromatic rings. The van der Waals surface area contributed by atoms with Crippen LogP contribution in [-0.4, -0.2) is 5.97 Å². The summed E-state index contributed by atoms with van der Waals surface area (Å²) in [5.41, 5.74) is -0.977. The first-order valence-electron chi connectivity index (χ1n) is 6.74. The van der Waals surface area contributed by atoms with E-state index in [2.05, 4.69) is 6.58 Å². The van der Waals surface area contributed by atoms with Crippen molar-refractivity contribution in [2.24, 2.45) is 0 Å². The van der Waals surface area contributed by atoms with Gasteiger partial charge in [0.05, 0.1) is 18.1 Å². The number of rotatable bonds is 4. The van der Waals surface area contributed by atoms with Gasteiger partial charge in [-0.05, 0) is 37.6 Å². The Hall–Kier alpha value is -2.50. The molecule has 2 rings (SSSR count). The Labute approximate surface area is 131 Å². The Morgan fingerprint density at radius 1 is 1.09 bits per heavy atom. The minimum absolute atomic E-state index is 0.187. The lowest BCUT2D eigenvalue weighted by Crippen LogP contribution is -2.30. The summed E-state index contributed by atoms with van der Waals surface area (Å²) in [5, 5.41) is 0. The summed E-state index contributed by atoms with van der Waals surface area (Å²) in [4.78, 5) is 11.9. The summed E-state index contributed by atoms with van der Waals surface area (Å²) < 4.78 is 48.6. The van der Waals surface area contributed by atoms with E-state index in [4.69, 9.17) is 9.15 Å². The number of hydrogen-bond acceptors (Lipinski definition) is 3. The van der Waals surface area contributed by atoms with Crippen LogP contribution in [0.3, 0.4) is 0 Å². The van der Waals surface area contributed by atoms with Crippen molar-refractivity contribution in [3.8, 4) is 0 Å². The molecule has 1 aromatic heterocycles. The van der Waals surface area contributed by atoms with E-state index in [9.17, 15) is 18.0 Å². The highest BCUT2D eigenvalue weighted by atomic mass is 19.4. The summed E-state index contributed by atoms with van der Waals surface area (Å²) in [7, 11) is 0. The molecule has 1 aromatic carbocycles. The van der Waals surface area contributed by atoms with Crippen molar-refractivity contribution < 1.29 is 27.1 Å². The largest absolute Gasteiger partial charge is 0.472 e. The highest BCUT2D eigenvalue weighted by molar-refractivity contribution is 5.87. The second-order valence-electron chi connectivity index (χ2n) is 5.29. The second-order valence-corrected chi connectivity index (χ2v) is 5.29. The molecule has 0 amide bonds. The molecule has 0 bridgehead atoms. The number of furan rings is 1. The molecule has 6 heteroatoms. The van der Waals surface area contributed by atoms with Gasteiger partial charge in [-0.15, -0.1) is 0 Å². The quantitative estimate of drug-likeness (QED) is 0.605. The second kappa shape index (κ2) is 5.95. The van der Waals surface area contributed by atoms with Crippen LogP contribution in [0.15, 0.2) is 59.4 Å². The Morgan fingerprint density at radius 2 is 1.65 bits per heavy atom. The number of halogens is 3. The highest BCUT2D eigenvalue weighted by Gasteiger charge is 2.36. The highest BCUT2D eigenvalue weighted by Crippen LogP contribution is 2.36. The van der Waals surface area contributed by atoms with Gasteiger partial charge >= 0.3 is 12.1 Å². The number of carbonyl (C=O) groups is 1. The normalized spacial score (nSPS) is 14.1. The fraction of sp³-hybridized carbons (Fsp3) is 0.235. The smallest absolute Gasteiger partial charge is 0.416 e. The molecule has 0 saturated carbocycles. The predicted octanol–water partition coefficient (Wildman–Crippen LogP) is 4.68. The Morgan fingerprint density at radius 3 is 2.09 bits per heavy atom. The van der Waals surface area contributed by atoms with Crippen LogP contribution in [0.1, 0.15) is 30.5 Å². The van der Waals surface area contributed by atoms with Gasteiger partial charge in [-0.1, -0.05) is 18.7 Å². The van der Waals surface area contributed by atoms with Gasteiger partial charge in [-0.3, -0.25) is 0 Å². The Bertz CT molecular complexity index is 700. The van der Waals surface area contributed by atoms with Gasteiger partial charge in [0.1, 0.15) is 0 Å². The molecule has 0 fully saturated rings. The predicted molar refractivity (Wildman–Crippen MR) is 77.5 cm³/mol. The monoisotopic (exact) mass is 324 g/mol. The van der Waals surface area contributed by atoms with E-state index in [1.165, 1.54) is 31.6 Å². The van der Waals surface area contributed by atoms with E-state index in [0.717, 1.165) is 12.1 Å². The van der Waals surface area contributed by atoms with Crippen LogP contribution in [0.4, 0.5) is 13.2 Å². The summed E-state index contributed by atoms with van der Waals surface area (Å²) in [5.74, 6) is -0.645. The maximum atomic E-state index is 12.7. The molecule has 23 heavy (non-hydrogen) atoms. The number of alkyl halides is 3. The minimum Gasteiger partial charge on any atom is -0.472 e. The zero-order valence-electron chi connectivity index (χ0n) is 12.6. The topological polar surface area (TPSA) is 39.4 Å². The van der Waals surface area contributed by atoms with Crippen molar-refractivity contribution in [1.82, 2.24) is 0 Å². The molecule has 0 saturated heterocycles. The third-order valence-corrected chi connectivity index (χ3v) is 3.48. The lowest BCUT2D eigenvalue weighted by molar-refractivity contribution is -0.150. The molecule has 1 unspecified atom stereocenters. The molecule has 1 atom stereocenters. The van der Waals surface area contributed by atoms with Crippen LogP contribution in [-0.2, 0) is 21.3 Å². The van der Waals surface area contributed by atoms with Crippen LogP contribution in [0.5, 0.6) is 0 Å². The first kappa shape index (κ1) is 16.9. The number of esters is 1. The molecular weight excluding hydrogens is 309 g/mol. The van der Waals surface area contributed by atoms with Crippen LogP contribution >= 0.6 is 0 Å². The van der Waals surface area contributed by atoms with Crippen LogP contribution < -0.4 is 0 Å². The standard InChI is InChI=1S/C17H15F3O3/c1-11(2)15(21)23-16(3,14-8-9-22-10-14)12-4-6-13(7-5-12)17(18,19)20/h4-10H,1H2,2-3H3.